The lowest BCUT2D eigenvalue weighted by Gasteiger charge is -2.33. The van der Waals surface area contributed by atoms with Gasteiger partial charge in [0, 0.05) is 6.61 Å². The molecule has 4 unspecified atom stereocenters. The van der Waals surface area contributed by atoms with Gasteiger partial charge >= 0.3 is 0 Å². The van der Waals surface area contributed by atoms with E-state index in [2.05, 4.69) is 6.92 Å². The van der Waals surface area contributed by atoms with Gasteiger partial charge in [0.25, 0.3) is 0 Å². The Labute approximate surface area is 75.2 Å². The number of hydrogen-bond donors (Lipinski definition) is 1. The maximum Gasteiger partial charge on any atom is 0.0462 e. The van der Waals surface area contributed by atoms with E-state index >= 15 is 0 Å². The molecule has 1 heteroatoms. The zero-order chi connectivity index (χ0) is 8.55. The molecule has 70 valence electrons. The van der Waals surface area contributed by atoms with Crippen molar-refractivity contribution in [3.63, 3.8) is 0 Å². The molecule has 0 saturated heterocycles. The third-order valence-corrected chi connectivity index (χ3v) is 4.19. The second kappa shape index (κ2) is 3.37. The van der Waals surface area contributed by atoms with Gasteiger partial charge in [-0.3, -0.25) is 0 Å². The first-order valence-corrected chi connectivity index (χ1v) is 5.43. The third-order valence-electron chi connectivity index (χ3n) is 4.19. The lowest BCUT2D eigenvalue weighted by molar-refractivity contribution is 0.124. The van der Waals surface area contributed by atoms with Crippen molar-refractivity contribution >= 4 is 0 Å². The van der Waals surface area contributed by atoms with E-state index in [0.717, 1.165) is 17.8 Å². The lowest BCUT2D eigenvalue weighted by Crippen LogP contribution is -2.26. The van der Waals surface area contributed by atoms with E-state index in [1.54, 1.807) is 0 Å². The van der Waals surface area contributed by atoms with E-state index in [1.807, 2.05) is 0 Å². The van der Waals surface area contributed by atoms with Gasteiger partial charge in [-0.25, -0.2) is 0 Å². The molecule has 0 aromatic carbocycles. The van der Waals surface area contributed by atoms with Crippen LogP contribution in [0.1, 0.15) is 39.0 Å². The fourth-order valence-electron chi connectivity index (χ4n) is 3.46. The molecule has 4 atom stereocenters. The average molecular weight is 168 g/mol. The number of aliphatic hydroxyl groups is 1. The van der Waals surface area contributed by atoms with Crippen LogP contribution in [-0.4, -0.2) is 11.7 Å². The van der Waals surface area contributed by atoms with Gasteiger partial charge in [-0.1, -0.05) is 19.8 Å². The molecule has 0 bridgehead atoms. The number of rotatable bonds is 1. The van der Waals surface area contributed by atoms with Crippen LogP contribution in [0.15, 0.2) is 0 Å². The highest BCUT2D eigenvalue weighted by molar-refractivity contribution is 4.89. The second-order valence-corrected chi connectivity index (χ2v) is 4.76. The van der Waals surface area contributed by atoms with E-state index in [9.17, 15) is 5.11 Å². The van der Waals surface area contributed by atoms with Crippen LogP contribution in [0, 0.1) is 23.7 Å². The van der Waals surface area contributed by atoms with Crippen molar-refractivity contribution in [2.24, 2.45) is 23.7 Å². The molecule has 12 heavy (non-hydrogen) atoms. The minimum atomic E-state index is 0.438. The Kier molecular flexibility index (Phi) is 2.40. The summed E-state index contributed by atoms with van der Waals surface area (Å²) < 4.78 is 0. The zero-order valence-electron chi connectivity index (χ0n) is 8.00. The van der Waals surface area contributed by atoms with E-state index in [1.165, 1.54) is 32.1 Å². The van der Waals surface area contributed by atoms with Gasteiger partial charge in [-0.05, 0) is 42.9 Å². The molecule has 1 nitrogen and oxygen atoms in total. The standard InChI is InChI=1S/C11H20O/c1-8-3-2-4-11-9(7-12)5-6-10(8)11/h8-12H,2-7H2,1H3. The molecule has 0 heterocycles. The second-order valence-electron chi connectivity index (χ2n) is 4.76. The predicted molar refractivity (Wildman–Crippen MR) is 49.8 cm³/mol. The summed E-state index contributed by atoms with van der Waals surface area (Å²) in [4.78, 5) is 0. The summed E-state index contributed by atoms with van der Waals surface area (Å²) in [5, 5.41) is 9.19. The fraction of sp³-hybridized carbons (Fsp3) is 1.00. The lowest BCUT2D eigenvalue weighted by atomic mass is 9.72. The first-order valence-electron chi connectivity index (χ1n) is 5.43. The molecule has 2 rings (SSSR count). The first kappa shape index (κ1) is 8.55. The molecule has 1 N–H and O–H groups in total. The van der Waals surface area contributed by atoms with Crippen LogP contribution in [0.4, 0.5) is 0 Å². The topological polar surface area (TPSA) is 20.2 Å². The van der Waals surface area contributed by atoms with Crippen molar-refractivity contribution in [2.45, 2.75) is 39.0 Å². The molecule has 2 aliphatic carbocycles. The summed E-state index contributed by atoms with van der Waals surface area (Å²) in [7, 11) is 0. The third kappa shape index (κ3) is 1.28. The van der Waals surface area contributed by atoms with E-state index < -0.39 is 0 Å². The van der Waals surface area contributed by atoms with Crippen LogP contribution < -0.4 is 0 Å². The number of fused-ring (bicyclic) bond motifs is 1. The number of aliphatic hydroxyl groups excluding tert-OH is 1. The monoisotopic (exact) mass is 168 g/mol. The molecule has 2 aliphatic rings. The Bertz CT molecular complexity index is 155. The smallest absolute Gasteiger partial charge is 0.0462 e. The molecule has 0 aromatic rings. The summed E-state index contributed by atoms with van der Waals surface area (Å²) in [6, 6.07) is 0. The van der Waals surface area contributed by atoms with Crippen LogP contribution in [0.5, 0.6) is 0 Å². The molecule has 2 saturated carbocycles. The van der Waals surface area contributed by atoms with Crippen LogP contribution in [0.2, 0.25) is 0 Å². The van der Waals surface area contributed by atoms with Crippen molar-refractivity contribution in [1.82, 2.24) is 0 Å². The van der Waals surface area contributed by atoms with Gasteiger partial charge in [-0.2, -0.15) is 0 Å². The molecule has 0 radical (unpaired) electrons. The van der Waals surface area contributed by atoms with Gasteiger partial charge < -0.3 is 5.11 Å². The average Bonchev–Trinajstić information content (AvgIpc) is 2.49. The van der Waals surface area contributed by atoms with Gasteiger partial charge in [0.1, 0.15) is 0 Å². The van der Waals surface area contributed by atoms with Gasteiger partial charge in [0.2, 0.25) is 0 Å². The highest BCUT2D eigenvalue weighted by atomic mass is 16.3. The van der Waals surface area contributed by atoms with E-state index in [4.69, 9.17) is 0 Å². The van der Waals surface area contributed by atoms with Gasteiger partial charge in [0.15, 0.2) is 0 Å². The summed E-state index contributed by atoms with van der Waals surface area (Å²) in [6.07, 6.45) is 6.89. The maximum atomic E-state index is 9.19. The van der Waals surface area contributed by atoms with E-state index in [0.29, 0.717) is 12.5 Å². The van der Waals surface area contributed by atoms with Crippen molar-refractivity contribution in [3.8, 4) is 0 Å². The largest absolute Gasteiger partial charge is 0.396 e. The quantitative estimate of drug-likeness (QED) is 0.637. The van der Waals surface area contributed by atoms with Crippen LogP contribution >= 0.6 is 0 Å². The predicted octanol–water partition coefficient (Wildman–Crippen LogP) is 2.44. The van der Waals surface area contributed by atoms with Crippen molar-refractivity contribution in [3.05, 3.63) is 0 Å². The van der Waals surface area contributed by atoms with E-state index in [-0.39, 0.29) is 0 Å². The Morgan fingerprint density at radius 3 is 2.67 bits per heavy atom. The molecular formula is C11H20O. The zero-order valence-corrected chi connectivity index (χ0v) is 8.00. The molecule has 0 aliphatic heterocycles. The summed E-state index contributed by atoms with van der Waals surface area (Å²) in [6.45, 7) is 2.84. The van der Waals surface area contributed by atoms with Crippen LogP contribution in [0.25, 0.3) is 0 Å². The van der Waals surface area contributed by atoms with Crippen LogP contribution in [-0.2, 0) is 0 Å². The maximum absolute atomic E-state index is 9.19. The summed E-state index contributed by atoms with van der Waals surface area (Å²) in [5.41, 5.74) is 0. The van der Waals surface area contributed by atoms with Gasteiger partial charge in [-0.15, -0.1) is 0 Å². The molecule has 0 amide bonds. The molecule has 0 aromatic heterocycles. The number of hydrogen-bond acceptors (Lipinski definition) is 1. The van der Waals surface area contributed by atoms with Crippen molar-refractivity contribution < 1.29 is 5.11 Å². The van der Waals surface area contributed by atoms with Crippen molar-refractivity contribution in [2.75, 3.05) is 6.61 Å². The van der Waals surface area contributed by atoms with Crippen molar-refractivity contribution in [1.29, 1.82) is 0 Å². The minimum Gasteiger partial charge on any atom is -0.396 e. The molecule has 0 spiro atoms. The molecule has 2 fully saturated rings. The highest BCUT2D eigenvalue weighted by Gasteiger charge is 2.39. The highest BCUT2D eigenvalue weighted by Crippen LogP contribution is 2.48. The normalized spacial score (nSPS) is 47.5. The Morgan fingerprint density at radius 2 is 1.92 bits per heavy atom. The summed E-state index contributed by atoms with van der Waals surface area (Å²) in [5.74, 6) is 3.41. The Balaban J connectivity index is 2.04. The first-order chi connectivity index (χ1) is 5.83. The SMILES string of the molecule is CC1CCCC2C(CO)CCC12. The minimum absolute atomic E-state index is 0.438. The Morgan fingerprint density at radius 1 is 1.08 bits per heavy atom. The summed E-state index contributed by atoms with van der Waals surface area (Å²) >= 11 is 0. The molecular weight excluding hydrogens is 148 g/mol. The van der Waals surface area contributed by atoms with Crippen LogP contribution in [0.3, 0.4) is 0 Å². The van der Waals surface area contributed by atoms with Gasteiger partial charge in [0.05, 0.1) is 0 Å². The fourth-order valence-corrected chi connectivity index (χ4v) is 3.46. The Hall–Kier alpha value is -0.0400.